The standard InChI is InChI=1S/C13H18F3NO/c1-4-17(10(2)3)11-5-7-12(8-6-11)18-9-13(14,15)16/h5-8,10H,4,9H2,1-3H3. The maximum Gasteiger partial charge on any atom is 0.422 e. The quantitative estimate of drug-likeness (QED) is 0.798. The molecule has 0 atom stereocenters. The summed E-state index contributed by atoms with van der Waals surface area (Å²) in [6, 6.07) is 7.01. The van der Waals surface area contributed by atoms with E-state index >= 15 is 0 Å². The van der Waals surface area contributed by atoms with Crippen LogP contribution < -0.4 is 9.64 Å². The third-order valence-corrected chi connectivity index (χ3v) is 2.53. The Kier molecular flexibility index (Phi) is 4.87. The molecule has 0 aromatic heterocycles. The van der Waals surface area contributed by atoms with E-state index in [9.17, 15) is 13.2 Å². The van der Waals surface area contributed by atoms with E-state index in [1.165, 1.54) is 0 Å². The number of hydrogen-bond acceptors (Lipinski definition) is 2. The highest BCUT2D eigenvalue weighted by atomic mass is 19.4. The molecule has 0 heterocycles. The summed E-state index contributed by atoms with van der Waals surface area (Å²) in [6.07, 6.45) is -4.30. The summed E-state index contributed by atoms with van der Waals surface area (Å²) in [5, 5.41) is 0. The minimum Gasteiger partial charge on any atom is -0.484 e. The van der Waals surface area contributed by atoms with Gasteiger partial charge < -0.3 is 9.64 Å². The molecule has 1 aromatic carbocycles. The third-order valence-electron chi connectivity index (χ3n) is 2.53. The lowest BCUT2D eigenvalue weighted by Crippen LogP contribution is -2.30. The summed E-state index contributed by atoms with van der Waals surface area (Å²) in [4.78, 5) is 2.15. The lowest BCUT2D eigenvalue weighted by Gasteiger charge is -2.27. The Hall–Kier alpha value is -1.39. The van der Waals surface area contributed by atoms with Crippen LogP contribution >= 0.6 is 0 Å². The highest BCUT2D eigenvalue weighted by Gasteiger charge is 2.28. The molecule has 0 fully saturated rings. The normalized spacial score (nSPS) is 11.7. The van der Waals surface area contributed by atoms with Crippen molar-refractivity contribution in [2.24, 2.45) is 0 Å². The molecule has 1 rings (SSSR count). The van der Waals surface area contributed by atoms with Crippen LogP contribution in [0.2, 0.25) is 0 Å². The molecule has 0 unspecified atom stereocenters. The van der Waals surface area contributed by atoms with Gasteiger partial charge in [0, 0.05) is 18.3 Å². The van der Waals surface area contributed by atoms with Gasteiger partial charge in [0.15, 0.2) is 6.61 Å². The van der Waals surface area contributed by atoms with E-state index in [0.717, 1.165) is 12.2 Å². The maximum absolute atomic E-state index is 12.0. The number of nitrogens with zero attached hydrogens (tertiary/aromatic N) is 1. The van der Waals surface area contributed by atoms with Crippen molar-refractivity contribution in [3.8, 4) is 5.75 Å². The Morgan fingerprint density at radius 2 is 1.72 bits per heavy atom. The van der Waals surface area contributed by atoms with Crippen molar-refractivity contribution >= 4 is 5.69 Å². The minimum atomic E-state index is -4.30. The number of ether oxygens (including phenoxy) is 1. The predicted molar refractivity (Wildman–Crippen MR) is 66.1 cm³/mol. The van der Waals surface area contributed by atoms with Crippen molar-refractivity contribution in [2.45, 2.75) is 33.0 Å². The first-order valence-corrected chi connectivity index (χ1v) is 5.89. The van der Waals surface area contributed by atoms with E-state index in [1.807, 2.05) is 6.92 Å². The first-order chi connectivity index (χ1) is 8.33. The zero-order valence-corrected chi connectivity index (χ0v) is 10.8. The number of rotatable bonds is 5. The van der Waals surface area contributed by atoms with Crippen LogP contribution in [0.4, 0.5) is 18.9 Å². The molecule has 0 aliphatic heterocycles. The van der Waals surface area contributed by atoms with Crippen LogP contribution in [0.15, 0.2) is 24.3 Å². The van der Waals surface area contributed by atoms with Gasteiger partial charge in [-0.15, -0.1) is 0 Å². The molecule has 0 bridgehead atoms. The minimum absolute atomic E-state index is 0.232. The molecule has 0 saturated carbocycles. The molecule has 18 heavy (non-hydrogen) atoms. The predicted octanol–water partition coefficient (Wildman–Crippen LogP) is 3.86. The van der Waals surface area contributed by atoms with E-state index in [1.54, 1.807) is 24.3 Å². The summed E-state index contributed by atoms with van der Waals surface area (Å²) in [7, 11) is 0. The molecule has 1 aromatic rings. The molecule has 102 valence electrons. The average Bonchev–Trinajstić information content (AvgIpc) is 2.27. The second-order valence-electron chi connectivity index (χ2n) is 4.28. The molecular formula is C13H18F3NO. The fraction of sp³-hybridized carbons (Fsp3) is 0.538. The fourth-order valence-corrected chi connectivity index (χ4v) is 1.74. The van der Waals surface area contributed by atoms with E-state index in [2.05, 4.69) is 23.5 Å². The monoisotopic (exact) mass is 261 g/mol. The fourth-order valence-electron chi connectivity index (χ4n) is 1.74. The van der Waals surface area contributed by atoms with Crippen molar-refractivity contribution < 1.29 is 17.9 Å². The maximum atomic E-state index is 12.0. The van der Waals surface area contributed by atoms with E-state index in [4.69, 9.17) is 0 Å². The van der Waals surface area contributed by atoms with Gasteiger partial charge >= 0.3 is 6.18 Å². The first kappa shape index (κ1) is 14.7. The molecule has 0 amide bonds. The molecule has 0 saturated heterocycles. The van der Waals surface area contributed by atoms with Gasteiger partial charge in [-0.3, -0.25) is 0 Å². The second-order valence-corrected chi connectivity index (χ2v) is 4.28. The van der Waals surface area contributed by atoms with E-state index < -0.39 is 12.8 Å². The summed E-state index contributed by atoms with van der Waals surface area (Å²) in [6.45, 7) is 5.76. The smallest absolute Gasteiger partial charge is 0.422 e. The van der Waals surface area contributed by atoms with Crippen molar-refractivity contribution in [2.75, 3.05) is 18.1 Å². The summed E-state index contributed by atoms with van der Waals surface area (Å²) in [5.41, 5.74) is 0.979. The molecule has 0 aliphatic carbocycles. The van der Waals surface area contributed by atoms with E-state index in [-0.39, 0.29) is 5.75 Å². The highest BCUT2D eigenvalue weighted by Crippen LogP contribution is 2.23. The highest BCUT2D eigenvalue weighted by molar-refractivity contribution is 5.49. The molecular weight excluding hydrogens is 243 g/mol. The Morgan fingerprint density at radius 1 is 1.17 bits per heavy atom. The number of anilines is 1. The van der Waals surface area contributed by atoms with Crippen molar-refractivity contribution in [1.82, 2.24) is 0 Å². The Balaban J connectivity index is 2.68. The SMILES string of the molecule is CCN(c1ccc(OCC(F)(F)F)cc1)C(C)C. The third kappa shape index (κ3) is 4.47. The van der Waals surface area contributed by atoms with Gasteiger partial charge in [-0.1, -0.05) is 0 Å². The molecule has 2 nitrogen and oxygen atoms in total. The first-order valence-electron chi connectivity index (χ1n) is 5.89. The summed E-state index contributed by atoms with van der Waals surface area (Å²) in [5.74, 6) is 0.232. The van der Waals surface area contributed by atoms with Crippen LogP contribution in [0.1, 0.15) is 20.8 Å². The van der Waals surface area contributed by atoms with Gasteiger partial charge in [0.1, 0.15) is 5.75 Å². The van der Waals surface area contributed by atoms with Gasteiger partial charge in [0.25, 0.3) is 0 Å². The van der Waals surface area contributed by atoms with Crippen molar-refractivity contribution in [3.63, 3.8) is 0 Å². The van der Waals surface area contributed by atoms with Crippen LogP contribution in [0.25, 0.3) is 0 Å². The van der Waals surface area contributed by atoms with Crippen molar-refractivity contribution in [1.29, 1.82) is 0 Å². The number of alkyl halides is 3. The average molecular weight is 261 g/mol. The van der Waals surface area contributed by atoms with Crippen LogP contribution in [0.5, 0.6) is 5.75 Å². The zero-order valence-electron chi connectivity index (χ0n) is 10.8. The molecule has 0 radical (unpaired) electrons. The van der Waals surface area contributed by atoms with Gasteiger partial charge in [0.05, 0.1) is 0 Å². The summed E-state index contributed by atoms with van der Waals surface area (Å²) < 4.78 is 40.6. The van der Waals surface area contributed by atoms with Gasteiger partial charge in [-0.25, -0.2) is 0 Å². The Morgan fingerprint density at radius 3 is 2.11 bits per heavy atom. The van der Waals surface area contributed by atoms with Gasteiger partial charge in [-0.2, -0.15) is 13.2 Å². The molecule has 0 N–H and O–H groups in total. The lowest BCUT2D eigenvalue weighted by molar-refractivity contribution is -0.153. The van der Waals surface area contributed by atoms with Crippen LogP contribution in [0, 0.1) is 0 Å². The van der Waals surface area contributed by atoms with Crippen LogP contribution in [0.3, 0.4) is 0 Å². The number of hydrogen-bond donors (Lipinski definition) is 0. The van der Waals surface area contributed by atoms with E-state index in [0.29, 0.717) is 6.04 Å². The zero-order chi connectivity index (χ0) is 13.8. The lowest BCUT2D eigenvalue weighted by atomic mass is 10.2. The van der Waals surface area contributed by atoms with Crippen LogP contribution in [-0.4, -0.2) is 25.4 Å². The van der Waals surface area contributed by atoms with Gasteiger partial charge in [-0.05, 0) is 45.0 Å². The molecule has 0 spiro atoms. The van der Waals surface area contributed by atoms with Crippen molar-refractivity contribution in [3.05, 3.63) is 24.3 Å². The Labute approximate surface area is 105 Å². The topological polar surface area (TPSA) is 12.5 Å². The molecule has 0 aliphatic rings. The number of halogens is 3. The summed E-state index contributed by atoms with van der Waals surface area (Å²) >= 11 is 0. The number of benzene rings is 1. The largest absolute Gasteiger partial charge is 0.484 e. The Bertz CT molecular complexity index is 359. The molecule has 5 heteroatoms. The van der Waals surface area contributed by atoms with Gasteiger partial charge in [0.2, 0.25) is 0 Å². The van der Waals surface area contributed by atoms with Crippen LogP contribution in [-0.2, 0) is 0 Å². The second kappa shape index (κ2) is 5.98.